The third-order valence-corrected chi connectivity index (χ3v) is 14.4. The predicted octanol–water partition coefficient (Wildman–Crippen LogP) is 12.3. The molecule has 0 saturated carbocycles. The first kappa shape index (κ1) is 63.8. The number of amides is 2. The molecule has 0 radical (unpaired) electrons. The molecule has 2 amide bonds. The Bertz CT molecular complexity index is 3280. The zero-order valence-electron chi connectivity index (χ0n) is 43.8. The van der Waals surface area contributed by atoms with E-state index in [1.807, 2.05) is 41.3 Å². The van der Waals surface area contributed by atoms with Crippen molar-refractivity contribution in [1.29, 1.82) is 0 Å². The minimum atomic E-state index is -4.87. The number of aromatic hydroxyl groups is 1. The van der Waals surface area contributed by atoms with Crippen molar-refractivity contribution in [3.8, 4) is 23.0 Å². The van der Waals surface area contributed by atoms with Gasteiger partial charge in [0.1, 0.15) is 52.2 Å². The molecular formula is C57H57Cl3F6N8O10. The maximum atomic E-state index is 13.2. The molecule has 10 rings (SSSR count). The molecule has 0 spiro atoms. The van der Waals surface area contributed by atoms with Gasteiger partial charge in [-0.1, -0.05) is 30.6 Å². The van der Waals surface area contributed by atoms with E-state index < -0.39 is 44.7 Å². The van der Waals surface area contributed by atoms with Gasteiger partial charge in [-0.15, -0.1) is 11.6 Å². The van der Waals surface area contributed by atoms with E-state index in [1.54, 1.807) is 29.2 Å². The number of piperazine rings is 2. The van der Waals surface area contributed by atoms with E-state index in [1.165, 1.54) is 42.0 Å². The summed E-state index contributed by atoms with van der Waals surface area (Å²) in [4.78, 5) is 51.9. The third-order valence-electron chi connectivity index (χ3n) is 13.7. The standard InChI is InChI=1S/C28H26ClF3N4O5.C15H18Cl2N2O2.C13H9F3N2O3.CH4/c29-19-1-8-26-18(13-19)14-23(41-26)16-34-9-11-35(12-10-34)27(37)17-40-22-5-2-20(3-6-22)33-21-4-7-25(36(38)39)24(15-21)28(30,31)32;16-9-15(20)19-5-3-18(4-6-19)10-13-8-11-7-12(17)1-2-14(11)21-13;14-13(15,16)11-7-9(3-6-12(11)18(20)21)17-8-1-4-10(19)5-2-8;/h1-8,13,15,23,33H,9-12,14,16-17H2;1-2,7,13H,3-6,8-10H2;1-7,17,19H;1H4. The molecule has 2 unspecified atom stereocenters. The fourth-order valence-electron chi connectivity index (χ4n) is 9.55. The Morgan fingerprint density at radius 1 is 0.583 bits per heavy atom. The van der Waals surface area contributed by atoms with E-state index >= 15 is 0 Å². The number of ether oxygens (including phenoxy) is 3. The van der Waals surface area contributed by atoms with E-state index in [-0.39, 0.29) is 61.1 Å². The lowest BCUT2D eigenvalue weighted by molar-refractivity contribution is -0.388. The molecule has 448 valence electrons. The number of carbonyl (C=O) groups is 2. The minimum absolute atomic E-state index is 0. The molecule has 27 heteroatoms. The first-order valence-corrected chi connectivity index (χ1v) is 27.0. The molecule has 84 heavy (non-hydrogen) atoms. The first-order chi connectivity index (χ1) is 39.5. The van der Waals surface area contributed by atoms with Gasteiger partial charge in [0, 0.05) is 123 Å². The number of nitrogens with zero attached hydrogens (tertiary/aromatic N) is 6. The first-order valence-electron chi connectivity index (χ1n) is 25.7. The average Bonchev–Trinajstić information content (AvgIpc) is 3.81. The molecule has 6 aromatic rings. The van der Waals surface area contributed by atoms with Gasteiger partial charge in [-0.25, -0.2) is 0 Å². The molecule has 4 aliphatic heterocycles. The second-order valence-corrected chi connectivity index (χ2v) is 20.6. The van der Waals surface area contributed by atoms with Crippen LogP contribution in [-0.2, 0) is 34.8 Å². The van der Waals surface area contributed by atoms with Crippen LogP contribution in [0.4, 0.5) is 60.5 Å². The van der Waals surface area contributed by atoms with Crippen LogP contribution in [0.3, 0.4) is 0 Å². The summed E-state index contributed by atoms with van der Waals surface area (Å²) in [6, 6.07) is 28.7. The van der Waals surface area contributed by atoms with Crippen LogP contribution in [0.2, 0.25) is 10.0 Å². The Morgan fingerprint density at radius 2 is 0.976 bits per heavy atom. The fraction of sp³-hybridized carbons (Fsp3) is 0.333. The van der Waals surface area contributed by atoms with Crippen molar-refractivity contribution in [1.82, 2.24) is 19.6 Å². The minimum Gasteiger partial charge on any atom is -0.508 e. The van der Waals surface area contributed by atoms with Gasteiger partial charge in [0.2, 0.25) is 5.91 Å². The molecule has 2 atom stereocenters. The number of carbonyl (C=O) groups excluding carboxylic acids is 2. The molecule has 2 saturated heterocycles. The summed E-state index contributed by atoms with van der Waals surface area (Å²) in [5.74, 6) is 2.20. The maximum absolute atomic E-state index is 13.2. The second kappa shape index (κ2) is 28.2. The van der Waals surface area contributed by atoms with Crippen LogP contribution in [0.5, 0.6) is 23.0 Å². The number of nitrogens with one attached hydrogen (secondary N) is 2. The zero-order chi connectivity index (χ0) is 59.6. The fourth-order valence-corrected chi connectivity index (χ4v) is 10.1. The molecule has 18 nitrogen and oxygen atoms in total. The summed E-state index contributed by atoms with van der Waals surface area (Å²) < 4.78 is 95.8. The van der Waals surface area contributed by atoms with E-state index in [9.17, 15) is 56.2 Å². The molecule has 6 aromatic carbocycles. The summed E-state index contributed by atoms with van der Waals surface area (Å²) >= 11 is 17.7. The molecule has 3 N–H and O–H groups in total. The van der Waals surface area contributed by atoms with Crippen LogP contribution >= 0.6 is 34.8 Å². The highest BCUT2D eigenvalue weighted by atomic mass is 35.5. The molecule has 0 aliphatic carbocycles. The zero-order valence-corrected chi connectivity index (χ0v) is 46.1. The van der Waals surface area contributed by atoms with Crippen LogP contribution in [0.25, 0.3) is 0 Å². The normalized spacial score (nSPS) is 16.6. The van der Waals surface area contributed by atoms with Gasteiger partial charge in [0.25, 0.3) is 17.3 Å². The summed E-state index contributed by atoms with van der Waals surface area (Å²) in [5.41, 5.74) is -1.41. The maximum Gasteiger partial charge on any atom is 0.423 e. The number of benzene rings is 6. The summed E-state index contributed by atoms with van der Waals surface area (Å²) in [7, 11) is 0. The number of phenols is 1. The van der Waals surface area contributed by atoms with Crippen molar-refractivity contribution in [3.05, 3.63) is 174 Å². The highest BCUT2D eigenvalue weighted by Crippen LogP contribution is 2.40. The van der Waals surface area contributed by atoms with Gasteiger partial charge in [-0.3, -0.25) is 39.6 Å². The van der Waals surface area contributed by atoms with Gasteiger partial charge in [0.15, 0.2) is 6.61 Å². The number of nitro benzene ring substituents is 2. The lowest BCUT2D eigenvalue weighted by Crippen LogP contribution is -2.51. The van der Waals surface area contributed by atoms with Crippen molar-refractivity contribution in [2.24, 2.45) is 0 Å². The van der Waals surface area contributed by atoms with Gasteiger partial charge in [-0.05, 0) is 120 Å². The van der Waals surface area contributed by atoms with Gasteiger partial charge in [0.05, 0.1) is 9.85 Å². The molecular weight excluding hydrogens is 1180 g/mol. The molecule has 4 heterocycles. The number of fused-ring (bicyclic) bond motifs is 2. The number of rotatable bonds is 14. The van der Waals surface area contributed by atoms with Gasteiger partial charge in [-0.2, -0.15) is 26.3 Å². The number of hydrogen-bond donors (Lipinski definition) is 3. The van der Waals surface area contributed by atoms with E-state index in [2.05, 4.69) is 20.4 Å². The van der Waals surface area contributed by atoms with Gasteiger partial charge >= 0.3 is 12.4 Å². The Hall–Kier alpha value is -7.77. The molecule has 0 aromatic heterocycles. The number of hydrogen-bond acceptors (Lipinski definition) is 14. The van der Waals surface area contributed by atoms with Crippen LogP contribution in [0.15, 0.2) is 121 Å². The highest BCUT2D eigenvalue weighted by Gasteiger charge is 2.40. The Labute approximate surface area is 493 Å². The molecule has 2 fully saturated rings. The van der Waals surface area contributed by atoms with Crippen LogP contribution in [0.1, 0.15) is 29.7 Å². The summed E-state index contributed by atoms with van der Waals surface area (Å²) in [6.07, 6.45) is -7.76. The van der Waals surface area contributed by atoms with Crippen molar-refractivity contribution in [3.63, 3.8) is 0 Å². The van der Waals surface area contributed by atoms with E-state index in [4.69, 9.17) is 54.1 Å². The highest BCUT2D eigenvalue weighted by molar-refractivity contribution is 6.31. The lowest BCUT2D eigenvalue weighted by atomic mass is 10.1. The SMILES string of the molecule is C.O=C(CCl)N1CCN(CC2Cc3cc(Cl)ccc3O2)CC1.O=C(COc1ccc(Nc2ccc([N+](=O)[O-])c(C(F)(F)F)c2)cc1)N1CCN(CC2Cc3cc(Cl)ccc3O2)CC1.O=[N+]([O-])c1ccc(Nc2ccc(O)cc2)cc1C(F)(F)F. The van der Waals surface area contributed by atoms with E-state index in [0.29, 0.717) is 47.4 Å². The van der Waals surface area contributed by atoms with Crippen LogP contribution in [-0.4, -0.2) is 137 Å². The molecule has 4 aliphatic rings. The smallest absolute Gasteiger partial charge is 0.423 e. The number of halogens is 9. The van der Waals surface area contributed by atoms with E-state index in [0.717, 1.165) is 99.4 Å². The summed E-state index contributed by atoms with van der Waals surface area (Å²) in [6.45, 7) is 7.35. The van der Waals surface area contributed by atoms with Crippen LogP contribution in [0, 0.1) is 20.2 Å². The second-order valence-electron chi connectivity index (χ2n) is 19.5. The Morgan fingerprint density at radius 3 is 1.37 bits per heavy atom. The Balaban J connectivity index is 0.000000198. The molecule has 0 bridgehead atoms. The Kier molecular flexibility index (Phi) is 21.4. The quantitative estimate of drug-likeness (QED) is 0.0305. The number of anilines is 4. The van der Waals surface area contributed by atoms with Crippen molar-refractivity contribution < 1.29 is 65.1 Å². The van der Waals surface area contributed by atoms with Crippen LogP contribution < -0.4 is 24.8 Å². The number of alkyl halides is 7. The lowest BCUT2D eigenvalue weighted by Gasteiger charge is -2.35. The number of nitro groups is 2. The van der Waals surface area contributed by atoms with Crippen molar-refractivity contribution >= 4 is 80.7 Å². The topological polar surface area (TPSA) is 205 Å². The average molecular weight is 1230 g/mol. The monoisotopic (exact) mass is 1230 g/mol. The van der Waals surface area contributed by atoms with Gasteiger partial charge < -0.3 is 39.8 Å². The third kappa shape index (κ3) is 17.4. The van der Waals surface area contributed by atoms with Crippen molar-refractivity contribution in [2.45, 2.75) is 44.8 Å². The summed E-state index contributed by atoms with van der Waals surface area (Å²) in [5, 5.41) is 37.6. The number of phenolic OH excluding ortho intramolecular Hbond substituents is 1. The predicted molar refractivity (Wildman–Crippen MR) is 305 cm³/mol. The largest absolute Gasteiger partial charge is 0.508 e. The van der Waals surface area contributed by atoms with Crippen molar-refractivity contribution in [2.75, 3.05) is 88.6 Å².